The lowest BCUT2D eigenvalue weighted by Crippen LogP contribution is -2.27. The number of imidazole rings is 1. The third kappa shape index (κ3) is 2.66. The first-order valence-electron chi connectivity index (χ1n) is 6.65. The fourth-order valence-corrected chi connectivity index (χ4v) is 2.69. The quantitative estimate of drug-likeness (QED) is 0.872. The van der Waals surface area contributed by atoms with E-state index >= 15 is 0 Å². The number of aromatic amines is 1. The van der Waals surface area contributed by atoms with Gasteiger partial charge in [0, 0.05) is 12.0 Å². The van der Waals surface area contributed by atoms with Gasteiger partial charge in [0.15, 0.2) is 0 Å². The SMILES string of the molecule is NC1CCCC(c2ncc(-c3ccc(F)cn3)[nH]2)C1. The van der Waals surface area contributed by atoms with E-state index in [1.54, 1.807) is 12.3 Å². The van der Waals surface area contributed by atoms with Gasteiger partial charge in [-0.25, -0.2) is 9.37 Å². The molecule has 2 aromatic heterocycles. The van der Waals surface area contributed by atoms with Crippen LogP contribution >= 0.6 is 0 Å². The molecule has 1 fully saturated rings. The molecular formula is C14H17FN4. The second kappa shape index (κ2) is 5.09. The Labute approximate surface area is 111 Å². The highest BCUT2D eigenvalue weighted by Gasteiger charge is 2.23. The van der Waals surface area contributed by atoms with Crippen molar-refractivity contribution in [3.63, 3.8) is 0 Å². The molecule has 0 aromatic carbocycles. The van der Waals surface area contributed by atoms with E-state index < -0.39 is 0 Å². The van der Waals surface area contributed by atoms with Gasteiger partial charge < -0.3 is 10.7 Å². The topological polar surface area (TPSA) is 67.6 Å². The van der Waals surface area contributed by atoms with Crippen molar-refractivity contribution in [3.8, 4) is 11.4 Å². The van der Waals surface area contributed by atoms with Crippen molar-refractivity contribution in [3.05, 3.63) is 36.2 Å². The first-order chi connectivity index (χ1) is 9.22. The zero-order valence-electron chi connectivity index (χ0n) is 10.6. The maximum absolute atomic E-state index is 12.8. The lowest BCUT2D eigenvalue weighted by molar-refractivity contribution is 0.383. The summed E-state index contributed by atoms with van der Waals surface area (Å²) in [4.78, 5) is 11.8. The van der Waals surface area contributed by atoms with Gasteiger partial charge in [0.2, 0.25) is 0 Å². The van der Waals surface area contributed by atoms with E-state index in [0.29, 0.717) is 11.6 Å². The molecule has 0 bridgehead atoms. The number of nitrogens with one attached hydrogen (secondary N) is 1. The van der Waals surface area contributed by atoms with Gasteiger partial charge >= 0.3 is 0 Å². The van der Waals surface area contributed by atoms with Crippen LogP contribution < -0.4 is 5.73 Å². The molecule has 2 atom stereocenters. The zero-order chi connectivity index (χ0) is 13.2. The Hall–Kier alpha value is -1.75. The maximum Gasteiger partial charge on any atom is 0.141 e. The third-order valence-electron chi connectivity index (χ3n) is 3.70. The number of aromatic nitrogens is 3. The monoisotopic (exact) mass is 260 g/mol. The number of pyridine rings is 1. The number of H-pyrrole nitrogens is 1. The Morgan fingerprint density at radius 3 is 2.84 bits per heavy atom. The fraction of sp³-hybridized carbons (Fsp3) is 0.429. The van der Waals surface area contributed by atoms with Crippen molar-refractivity contribution in [1.29, 1.82) is 0 Å². The first kappa shape index (κ1) is 12.3. The smallest absolute Gasteiger partial charge is 0.141 e. The minimum Gasteiger partial charge on any atom is -0.340 e. The van der Waals surface area contributed by atoms with E-state index in [1.165, 1.54) is 12.3 Å². The van der Waals surface area contributed by atoms with Crippen molar-refractivity contribution in [1.82, 2.24) is 15.0 Å². The molecule has 1 saturated carbocycles. The predicted octanol–water partition coefficient (Wildman–Crippen LogP) is 2.60. The fourth-order valence-electron chi connectivity index (χ4n) is 2.69. The zero-order valence-corrected chi connectivity index (χ0v) is 10.6. The minimum absolute atomic E-state index is 0.274. The van der Waals surface area contributed by atoms with Gasteiger partial charge in [0.25, 0.3) is 0 Å². The van der Waals surface area contributed by atoms with Gasteiger partial charge in [-0.05, 0) is 31.4 Å². The van der Waals surface area contributed by atoms with Crippen LogP contribution in [0.2, 0.25) is 0 Å². The highest BCUT2D eigenvalue weighted by molar-refractivity contribution is 5.52. The van der Waals surface area contributed by atoms with Crippen LogP contribution in [0.1, 0.15) is 37.4 Å². The van der Waals surface area contributed by atoms with Crippen LogP contribution in [0.3, 0.4) is 0 Å². The Morgan fingerprint density at radius 2 is 2.11 bits per heavy atom. The number of rotatable bonds is 2. The van der Waals surface area contributed by atoms with Crippen LogP contribution in [0.15, 0.2) is 24.5 Å². The molecule has 0 amide bonds. The summed E-state index contributed by atoms with van der Waals surface area (Å²) >= 11 is 0. The Morgan fingerprint density at radius 1 is 1.21 bits per heavy atom. The molecule has 3 N–H and O–H groups in total. The van der Waals surface area contributed by atoms with Crippen LogP contribution in [0.25, 0.3) is 11.4 Å². The number of nitrogens with zero attached hydrogens (tertiary/aromatic N) is 2. The number of hydrogen-bond donors (Lipinski definition) is 2. The van der Waals surface area contributed by atoms with Crippen molar-refractivity contribution in [2.45, 2.75) is 37.6 Å². The van der Waals surface area contributed by atoms with E-state index in [2.05, 4.69) is 15.0 Å². The highest BCUT2D eigenvalue weighted by Crippen LogP contribution is 2.31. The van der Waals surface area contributed by atoms with E-state index in [9.17, 15) is 4.39 Å². The molecule has 2 aromatic rings. The van der Waals surface area contributed by atoms with Crippen molar-refractivity contribution in [2.24, 2.45) is 5.73 Å². The van der Waals surface area contributed by atoms with Gasteiger partial charge in [0.1, 0.15) is 11.6 Å². The van der Waals surface area contributed by atoms with Crippen LogP contribution in [0, 0.1) is 5.82 Å². The van der Waals surface area contributed by atoms with Gasteiger partial charge in [0.05, 0.1) is 23.8 Å². The summed E-state index contributed by atoms with van der Waals surface area (Å²) in [7, 11) is 0. The summed E-state index contributed by atoms with van der Waals surface area (Å²) in [5, 5.41) is 0. The van der Waals surface area contributed by atoms with E-state index in [1.807, 2.05) is 0 Å². The minimum atomic E-state index is -0.332. The van der Waals surface area contributed by atoms with E-state index in [4.69, 9.17) is 5.73 Å². The Kier molecular flexibility index (Phi) is 3.29. The predicted molar refractivity (Wildman–Crippen MR) is 71.0 cm³/mol. The number of halogens is 1. The van der Waals surface area contributed by atoms with Crippen molar-refractivity contribution >= 4 is 0 Å². The van der Waals surface area contributed by atoms with Crippen molar-refractivity contribution < 1.29 is 4.39 Å². The van der Waals surface area contributed by atoms with Crippen molar-refractivity contribution in [2.75, 3.05) is 0 Å². The third-order valence-corrected chi connectivity index (χ3v) is 3.70. The van der Waals surface area contributed by atoms with Crippen LogP contribution in [-0.4, -0.2) is 21.0 Å². The molecule has 4 nitrogen and oxygen atoms in total. The molecule has 1 aliphatic carbocycles. The van der Waals surface area contributed by atoms with Gasteiger partial charge in [-0.15, -0.1) is 0 Å². The normalized spacial score (nSPS) is 23.5. The summed E-state index contributed by atoms with van der Waals surface area (Å²) in [6.07, 6.45) is 7.32. The van der Waals surface area contributed by atoms with Gasteiger partial charge in [-0.2, -0.15) is 0 Å². The second-order valence-electron chi connectivity index (χ2n) is 5.17. The van der Waals surface area contributed by atoms with Crippen LogP contribution in [-0.2, 0) is 0 Å². The molecule has 19 heavy (non-hydrogen) atoms. The standard InChI is InChI=1S/C14H17FN4/c15-10-4-5-12(17-7-10)13-8-18-14(19-13)9-2-1-3-11(16)6-9/h4-5,7-9,11H,1-3,6,16H2,(H,18,19). The summed E-state index contributed by atoms with van der Waals surface area (Å²) in [6, 6.07) is 3.33. The molecule has 0 aliphatic heterocycles. The second-order valence-corrected chi connectivity index (χ2v) is 5.17. The highest BCUT2D eigenvalue weighted by atomic mass is 19.1. The summed E-state index contributed by atoms with van der Waals surface area (Å²) in [5.41, 5.74) is 7.54. The molecule has 1 aliphatic rings. The van der Waals surface area contributed by atoms with Crippen LogP contribution in [0.5, 0.6) is 0 Å². The van der Waals surface area contributed by atoms with Gasteiger partial charge in [-0.3, -0.25) is 4.98 Å². The lowest BCUT2D eigenvalue weighted by atomic mass is 9.86. The summed E-state index contributed by atoms with van der Waals surface area (Å²) in [6.45, 7) is 0. The Bertz CT molecular complexity index is 549. The molecule has 2 heterocycles. The first-order valence-corrected chi connectivity index (χ1v) is 6.65. The van der Waals surface area contributed by atoms with Gasteiger partial charge in [-0.1, -0.05) is 6.42 Å². The van der Waals surface area contributed by atoms with E-state index in [-0.39, 0.29) is 11.9 Å². The number of nitrogens with two attached hydrogens (primary N) is 1. The molecule has 0 radical (unpaired) electrons. The molecule has 0 saturated heterocycles. The average Bonchev–Trinajstić information content (AvgIpc) is 2.89. The molecule has 2 unspecified atom stereocenters. The Balaban J connectivity index is 1.81. The summed E-state index contributed by atoms with van der Waals surface area (Å²) < 4.78 is 12.8. The molecule has 3 rings (SSSR count). The molecular weight excluding hydrogens is 243 g/mol. The molecule has 5 heteroatoms. The average molecular weight is 260 g/mol. The van der Waals surface area contributed by atoms with Crippen LogP contribution in [0.4, 0.5) is 4.39 Å². The molecule has 0 spiro atoms. The van der Waals surface area contributed by atoms with E-state index in [0.717, 1.165) is 37.2 Å². The maximum atomic E-state index is 12.8. The summed E-state index contributed by atoms with van der Waals surface area (Å²) in [5.74, 6) is 1.04. The number of hydrogen-bond acceptors (Lipinski definition) is 3. The molecule has 100 valence electrons. The lowest BCUT2D eigenvalue weighted by Gasteiger charge is -2.24. The largest absolute Gasteiger partial charge is 0.340 e.